The molecule has 0 unspecified atom stereocenters. The summed E-state index contributed by atoms with van der Waals surface area (Å²) >= 11 is 0. The van der Waals surface area contributed by atoms with Crippen molar-refractivity contribution in [2.24, 2.45) is 10.2 Å². The standard InChI is InChI=1S/C9H9N3O.C5H13NO/c1-10-12(11-2)9-6-4-3-5-8(9)7-13;1-3-6(2)4-5-7/h3-7H,1-2H2;7H,3-5H2,1-2H3. The number of anilines is 1. The Kier molecular flexibility index (Phi) is 9.72. The van der Waals surface area contributed by atoms with Crippen molar-refractivity contribution in [2.75, 3.05) is 31.9 Å². The number of benzene rings is 1. The molecule has 0 radical (unpaired) electrons. The van der Waals surface area contributed by atoms with Gasteiger partial charge in [0.15, 0.2) is 6.29 Å². The minimum atomic E-state index is 0.268. The Bertz CT molecular complexity index is 415. The fourth-order valence-electron chi connectivity index (χ4n) is 1.30. The van der Waals surface area contributed by atoms with Crippen molar-refractivity contribution < 1.29 is 9.90 Å². The topological polar surface area (TPSA) is 68.5 Å². The Morgan fingerprint density at radius 1 is 1.30 bits per heavy atom. The highest BCUT2D eigenvalue weighted by atomic mass is 16.3. The average Bonchev–Trinajstić information content (AvgIpc) is 2.50. The van der Waals surface area contributed by atoms with Crippen molar-refractivity contribution in [2.45, 2.75) is 6.92 Å². The highest BCUT2D eigenvalue weighted by Gasteiger charge is 2.05. The number of rotatable bonds is 7. The monoisotopic (exact) mass is 278 g/mol. The third-order valence-electron chi connectivity index (χ3n) is 2.57. The molecule has 1 rings (SSSR count). The fraction of sp³-hybridized carbons (Fsp3) is 0.357. The van der Waals surface area contributed by atoms with E-state index in [-0.39, 0.29) is 6.61 Å². The fourth-order valence-corrected chi connectivity index (χ4v) is 1.30. The lowest BCUT2D eigenvalue weighted by atomic mass is 10.2. The number of hydrogen-bond donors (Lipinski definition) is 1. The van der Waals surface area contributed by atoms with Crippen LogP contribution in [0.3, 0.4) is 0 Å². The van der Waals surface area contributed by atoms with Crippen LogP contribution in [0.25, 0.3) is 0 Å². The number of likely N-dealkylation sites (N-methyl/N-ethyl adjacent to an activating group) is 1. The zero-order chi connectivity index (χ0) is 15.4. The Labute approximate surface area is 120 Å². The molecule has 0 aliphatic rings. The molecule has 0 aromatic heterocycles. The molecule has 6 heteroatoms. The second-order valence-corrected chi connectivity index (χ2v) is 3.87. The van der Waals surface area contributed by atoms with E-state index in [0.717, 1.165) is 19.4 Å². The number of carbonyl (C=O) groups excluding carboxylic acids is 1. The summed E-state index contributed by atoms with van der Waals surface area (Å²) in [5, 5.41) is 16.7. The Morgan fingerprint density at radius 2 is 1.90 bits per heavy atom. The Balaban J connectivity index is 0.000000441. The van der Waals surface area contributed by atoms with E-state index in [0.29, 0.717) is 11.3 Å². The molecule has 0 spiro atoms. The number of aliphatic hydroxyl groups excluding tert-OH is 1. The molecule has 0 atom stereocenters. The van der Waals surface area contributed by atoms with Crippen LogP contribution in [0.2, 0.25) is 0 Å². The van der Waals surface area contributed by atoms with Crippen LogP contribution in [0.15, 0.2) is 34.5 Å². The van der Waals surface area contributed by atoms with Gasteiger partial charge >= 0.3 is 0 Å². The molecule has 1 aromatic rings. The second-order valence-electron chi connectivity index (χ2n) is 3.87. The summed E-state index contributed by atoms with van der Waals surface area (Å²) in [6.07, 6.45) is 0.735. The average molecular weight is 278 g/mol. The van der Waals surface area contributed by atoms with Crippen LogP contribution in [0, 0.1) is 0 Å². The molecule has 110 valence electrons. The summed E-state index contributed by atoms with van der Waals surface area (Å²) in [6, 6.07) is 6.93. The molecule has 0 saturated heterocycles. The highest BCUT2D eigenvalue weighted by Crippen LogP contribution is 2.18. The van der Waals surface area contributed by atoms with Crippen LogP contribution < -0.4 is 5.12 Å². The van der Waals surface area contributed by atoms with Gasteiger partial charge in [-0.25, -0.2) is 0 Å². The van der Waals surface area contributed by atoms with Gasteiger partial charge in [0.2, 0.25) is 0 Å². The molecular weight excluding hydrogens is 256 g/mol. The second kappa shape index (κ2) is 10.8. The number of para-hydroxylation sites is 1. The van der Waals surface area contributed by atoms with Gasteiger partial charge < -0.3 is 10.0 Å². The predicted octanol–water partition coefficient (Wildman–Crippen LogP) is 1.47. The van der Waals surface area contributed by atoms with E-state index in [1.807, 2.05) is 7.05 Å². The van der Waals surface area contributed by atoms with E-state index in [4.69, 9.17) is 5.11 Å². The SMILES string of the molecule is C=NN(N=C)c1ccccc1C=O.CCN(C)CCO. The first-order valence-electron chi connectivity index (χ1n) is 6.21. The van der Waals surface area contributed by atoms with Crippen LogP contribution in [0.5, 0.6) is 0 Å². The minimum absolute atomic E-state index is 0.268. The largest absolute Gasteiger partial charge is 0.395 e. The lowest BCUT2D eigenvalue weighted by molar-refractivity contribution is 0.112. The van der Waals surface area contributed by atoms with Crippen molar-refractivity contribution in [3.8, 4) is 0 Å². The smallest absolute Gasteiger partial charge is 0.152 e. The molecule has 0 aliphatic heterocycles. The number of carbonyl (C=O) groups is 1. The third kappa shape index (κ3) is 6.21. The number of nitrogens with zero attached hydrogens (tertiary/aromatic N) is 4. The predicted molar refractivity (Wildman–Crippen MR) is 83.7 cm³/mol. The van der Waals surface area contributed by atoms with Crippen molar-refractivity contribution in [3.63, 3.8) is 0 Å². The van der Waals surface area contributed by atoms with Gasteiger partial charge in [-0.1, -0.05) is 19.1 Å². The molecule has 0 aliphatic carbocycles. The number of hydrazone groups is 2. The third-order valence-corrected chi connectivity index (χ3v) is 2.57. The summed E-state index contributed by atoms with van der Waals surface area (Å²) in [5.74, 6) is 0. The molecule has 0 fully saturated rings. The maximum absolute atomic E-state index is 10.6. The molecular formula is C14H22N4O2. The normalized spacial score (nSPS) is 9.40. The van der Waals surface area contributed by atoms with E-state index in [9.17, 15) is 4.79 Å². The van der Waals surface area contributed by atoms with E-state index < -0.39 is 0 Å². The molecule has 0 bridgehead atoms. The molecule has 0 amide bonds. The van der Waals surface area contributed by atoms with Gasteiger partial charge in [-0.15, -0.1) is 0 Å². The first kappa shape index (κ1) is 17.9. The van der Waals surface area contributed by atoms with Gasteiger partial charge in [-0.3, -0.25) is 4.79 Å². The quantitative estimate of drug-likeness (QED) is 0.466. The first-order chi connectivity index (χ1) is 9.64. The van der Waals surface area contributed by atoms with Gasteiger partial charge in [0.05, 0.1) is 12.3 Å². The number of aliphatic hydroxyl groups is 1. The summed E-state index contributed by atoms with van der Waals surface area (Å²) in [5.41, 5.74) is 1.07. The van der Waals surface area contributed by atoms with Crippen LogP contribution in [0.1, 0.15) is 17.3 Å². The Hall–Kier alpha value is -2.05. The molecule has 0 heterocycles. The summed E-state index contributed by atoms with van der Waals surface area (Å²) < 4.78 is 0. The highest BCUT2D eigenvalue weighted by molar-refractivity contribution is 5.84. The molecule has 1 aromatic carbocycles. The lowest BCUT2D eigenvalue weighted by Gasteiger charge is -2.12. The number of hydrogen-bond acceptors (Lipinski definition) is 6. The summed E-state index contributed by atoms with van der Waals surface area (Å²) in [4.78, 5) is 12.7. The van der Waals surface area contributed by atoms with Crippen molar-refractivity contribution in [1.29, 1.82) is 0 Å². The van der Waals surface area contributed by atoms with Crippen LogP contribution in [-0.4, -0.2) is 56.5 Å². The van der Waals surface area contributed by atoms with Gasteiger partial charge in [0, 0.05) is 25.5 Å². The minimum Gasteiger partial charge on any atom is -0.395 e. The molecule has 6 nitrogen and oxygen atoms in total. The maximum atomic E-state index is 10.6. The van der Waals surface area contributed by atoms with Crippen LogP contribution in [0.4, 0.5) is 5.69 Å². The summed E-state index contributed by atoms with van der Waals surface area (Å²) in [7, 11) is 1.98. The number of aldehydes is 1. The van der Waals surface area contributed by atoms with Gasteiger partial charge in [-0.2, -0.15) is 15.3 Å². The van der Waals surface area contributed by atoms with Crippen molar-refractivity contribution in [3.05, 3.63) is 29.8 Å². The van der Waals surface area contributed by atoms with E-state index in [1.54, 1.807) is 24.3 Å². The Morgan fingerprint density at radius 3 is 2.30 bits per heavy atom. The van der Waals surface area contributed by atoms with Crippen LogP contribution >= 0.6 is 0 Å². The molecule has 0 saturated carbocycles. The molecule has 1 N–H and O–H groups in total. The summed E-state index contributed by atoms with van der Waals surface area (Å²) in [6.45, 7) is 10.8. The molecule has 20 heavy (non-hydrogen) atoms. The van der Waals surface area contributed by atoms with Gasteiger partial charge in [0.25, 0.3) is 0 Å². The van der Waals surface area contributed by atoms with Crippen molar-refractivity contribution >= 4 is 25.4 Å². The first-order valence-corrected chi connectivity index (χ1v) is 6.21. The van der Waals surface area contributed by atoms with Gasteiger partial charge in [-0.05, 0) is 25.7 Å². The zero-order valence-electron chi connectivity index (χ0n) is 12.1. The van der Waals surface area contributed by atoms with E-state index >= 15 is 0 Å². The lowest BCUT2D eigenvalue weighted by Crippen LogP contribution is -2.20. The van der Waals surface area contributed by atoms with Gasteiger partial charge in [0.1, 0.15) is 0 Å². The maximum Gasteiger partial charge on any atom is 0.152 e. The van der Waals surface area contributed by atoms with Crippen molar-refractivity contribution in [1.82, 2.24) is 4.90 Å². The van der Waals surface area contributed by atoms with E-state index in [1.165, 1.54) is 5.12 Å². The zero-order valence-corrected chi connectivity index (χ0v) is 12.1. The van der Waals surface area contributed by atoms with E-state index in [2.05, 4.69) is 35.5 Å². The van der Waals surface area contributed by atoms with Crippen LogP contribution in [-0.2, 0) is 0 Å².